The summed E-state index contributed by atoms with van der Waals surface area (Å²) in [6.07, 6.45) is 4.98. The van der Waals surface area contributed by atoms with Crippen LogP contribution in [0, 0.1) is 5.82 Å². The summed E-state index contributed by atoms with van der Waals surface area (Å²) in [4.78, 5) is 4.54. The van der Waals surface area contributed by atoms with Gasteiger partial charge in [0.05, 0.1) is 18.5 Å². The van der Waals surface area contributed by atoms with E-state index in [4.69, 9.17) is 4.74 Å². The third-order valence-corrected chi connectivity index (χ3v) is 4.94. The average Bonchev–Trinajstić information content (AvgIpc) is 3.19. The lowest BCUT2D eigenvalue weighted by molar-refractivity contribution is 0.117. The number of halogens is 1. The molecule has 0 aliphatic rings. The molecule has 0 aliphatic heterocycles. The van der Waals surface area contributed by atoms with Gasteiger partial charge >= 0.3 is 0 Å². The minimum atomic E-state index is -0.273. The highest BCUT2D eigenvalue weighted by molar-refractivity contribution is 7.14. The molecule has 0 bridgehead atoms. The third-order valence-electron chi connectivity index (χ3n) is 4.19. The Labute approximate surface area is 169 Å². The Bertz CT molecular complexity index is 896. The highest BCUT2D eigenvalue weighted by Gasteiger charge is 2.05. The van der Waals surface area contributed by atoms with Gasteiger partial charge in [0.15, 0.2) is 0 Å². The van der Waals surface area contributed by atoms with Crippen LogP contribution in [0.4, 0.5) is 9.52 Å². The molecule has 6 heteroatoms. The van der Waals surface area contributed by atoms with E-state index in [-0.39, 0.29) is 5.82 Å². The molecule has 0 radical (unpaired) electrons. The van der Waals surface area contributed by atoms with Crippen molar-refractivity contribution in [1.29, 1.82) is 0 Å². The minimum Gasteiger partial charge on any atom is -0.377 e. The number of ether oxygens (including phenoxy) is 1. The van der Waals surface area contributed by atoms with E-state index in [2.05, 4.69) is 22.4 Å². The van der Waals surface area contributed by atoms with Crippen molar-refractivity contribution in [3.8, 4) is 11.3 Å². The fourth-order valence-electron chi connectivity index (χ4n) is 2.69. The standard InChI is InChI=1S/C22H24FN3OS/c1-2-3-7-12-27-15-19-13-20(23)11-10-18(19)14-24-26-22-25-21(16-28-22)17-8-5-4-6-9-17/h4-6,8-11,13-14,16H,2-3,7,12,15H2,1H3,(H,25,26). The summed E-state index contributed by atoms with van der Waals surface area (Å²) >= 11 is 1.49. The molecule has 1 heterocycles. The van der Waals surface area contributed by atoms with Crippen LogP contribution in [0.15, 0.2) is 59.0 Å². The van der Waals surface area contributed by atoms with Crippen LogP contribution >= 0.6 is 11.3 Å². The zero-order chi connectivity index (χ0) is 19.6. The number of hydrazone groups is 1. The number of anilines is 1. The lowest BCUT2D eigenvalue weighted by Crippen LogP contribution is -2.01. The number of nitrogens with zero attached hydrogens (tertiary/aromatic N) is 2. The van der Waals surface area contributed by atoms with E-state index >= 15 is 0 Å². The van der Waals surface area contributed by atoms with Crippen molar-refractivity contribution in [3.05, 3.63) is 70.9 Å². The molecule has 1 N–H and O–H groups in total. The van der Waals surface area contributed by atoms with Gasteiger partial charge in [0, 0.05) is 23.1 Å². The maximum Gasteiger partial charge on any atom is 0.203 e. The van der Waals surface area contributed by atoms with Crippen LogP contribution in [-0.2, 0) is 11.3 Å². The molecule has 0 unspecified atom stereocenters. The molecule has 2 aromatic carbocycles. The van der Waals surface area contributed by atoms with Crippen LogP contribution in [0.5, 0.6) is 0 Å². The molecule has 0 spiro atoms. The molecule has 146 valence electrons. The molecule has 0 amide bonds. The van der Waals surface area contributed by atoms with E-state index in [1.807, 2.05) is 35.7 Å². The largest absolute Gasteiger partial charge is 0.377 e. The van der Waals surface area contributed by atoms with Gasteiger partial charge in [0.2, 0.25) is 5.13 Å². The molecule has 1 aromatic heterocycles. The molecule has 3 aromatic rings. The Morgan fingerprint density at radius 1 is 1.18 bits per heavy atom. The molecule has 0 atom stereocenters. The van der Waals surface area contributed by atoms with Gasteiger partial charge in [-0.2, -0.15) is 5.10 Å². The Hall–Kier alpha value is -2.57. The van der Waals surface area contributed by atoms with Gasteiger partial charge in [-0.1, -0.05) is 56.2 Å². The van der Waals surface area contributed by atoms with Crippen molar-refractivity contribution in [2.24, 2.45) is 5.10 Å². The highest BCUT2D eigenvalue weighted by Crippen LogP contribution is 2.24. The fraction of sp³-hybridized carbons (Fsp3) is 0.273. The summed E-state index contributed by atoms with van der Waals surface area (Å²) in [5, 5.41) is 6.95. The second-order valence-electron chi connectivity index (χ2n) is 6.38. The van der Waals surface area contributed by atoms with Crippen molar-refractivity contribution < 1.29 is 9.13 Å². The first-order valence-corrected chi connectivity index (χ1v) is 10.3. The van der Waals surface area contributed by atoms with Gasteiger partial charge in [0.1, 0.15) is 5.82 Å². The average molecular weight is 398 g/mol. The number of hydrogen-bond acceptors (Lipinski definition) is 5. The number of aromatic nitrogens is 1. The predicted molar refractivity (Wildman–Crippen MR) is 114 cm³/mol. The zero-order valence-corrected chi connectivity index (χ0v) is 16.7. The van der Waals surface area contributed by atoms with Gasteiger partial charge in [-0.05, 0) is 24.1 Å². The predicted octanol–water partition coefficient (Wildman–Crippen LogP) is 6.10. The maximum atomic E-state index is 13.6. The molecule has 4 nitrogen and oxygen atoms in total. The van der Waals surface area contributed by atoms with E-state index in [0.29, 0.717) is 18.3 Å². The molecule has 3 rings (SSSR count). The third kappa shape index (κ3) is 5.97. The smallest absolute Gasteiger partial charge is 0.203 e. The van der Waals surface area contributed by atoms with Gasteiger partial charge in [-0.25, -0.2) is 9.37 Å². The Morgan fingerprint density at radius 2 is 2.04 bits per heavy atom. The van der Waals surface area contributed by atoms with Crippen LogP contribution in [0.2, 0.25) is 0 Å². The lowest BCUT2D eigenvalue weighted by atomic mass is 10.1. The van der Waals surface area contributed by atoms with Crippen molar-refractivity contribution in [1.82, 2.24) is 4.98 Å². The van der Waals surface area contributed by atoms with Crippen LogP contribution in [-0.4, -0.2) is 17.8 Å². The van der Waals surface area contributed by atoms with E-state index < -0.39 is 0 Å². The molecular formula is C22H24FN3OS. The number of nitrogens with one attached hydrogen (secondary N) is 1. The van der Waals surface area contributed by atoms with Crippen LogP contribution < -0.4 is 5.43 Å². The summed E-state index contributed by atoms with van der Waals surface area (Å²) in [5.41, 5.74) is 6.53. The van der Waals surface area contributed by atoms with E-state index in [9.17, 15) is 4.39 Å². The minimum absolute atomic E-state index is 0.273. The molecule has 0 saturated heterocycles. The number of rotatable bonds is 10. The maximum absolute atomic E-state index is 13.6. The van der Waals surface area contributed by atoms with Crippen LogP contribution in [0.25, 0.3) is 11.3 Å². The summed E-state index contributed by atoms with van der Waals surface area (Å²) in [6, 6.07) is 14.6. The first-order chi connectivity index (χ1) is 13.8. The molecular weight excluding hydrogens is 373 g/mol. The molecule has 0 saturated carbocycles. The van der Waals surface area contributed by atoms with Crippen molar-refractivity contribution in [3.63, 3.8) is 0 Å². The van der Waals surface area contributed by atoms with Gasteiger partial charge in [-0.3, -0.25) is 5.43 Å². The fourth-order valence-corrected chi connectivity index (χ4v) is 3.35. The van der Waals surface area contributed by atoms with Crippen molar-refractivity contribution >= 4 is 22.7 Å². The molecule has 28 heavy (non-hydrogen) atoms. The molecule has 0 aliphatic carbocycles. The molecule has 0 fully saturated rings. The first-order valence-electron chi connectivity index (χ1n) is 9.42. The monoisotopic (exact) mass is 397 g/mol. The zero-order valence-electron chi connectivity index (χ0n) is 15.9. The van der Waals surface area contributed by atoms with Gasteiger partial charge in [-0.15, -0.1) is 11.3 Å². The Kier molecular flexibility index (Phi) is 7.70. The number of unbranched alkanes of at least 4 members (excludes halogenated alkanes) is 2. The summed E-state index contributed by atoms with van der Waals surface area (Å²) in [6.45, 7) is 3.21. The van der Waals surface area contributed by atoms with Gasteiger partial charge in [0.25, 0.3) is 0 Å². The first kappa shape index (κ1) is 20.2. The number of benzene rings is 2. The summed E-state index contributed by atoms with van der Waals surface area (Å²) in [5.74, 6) is -0.273. The SMILES string of the molecule is CCCCCOCc1cc(F)ccc1C=NNc1nc(-c2ccccc2)cs1. The second-order valence-corrected chi connectivity index (χ2v) is 7.23. The summed E-state index contributed by atoms with van der Waals surface area (Å²) in [7, 11) is 0. The summed E-state index contributed by atoms with van der Waals surface area (Å²) < 4.78 is 19.3. The number of thiazole rings is 1. The normalized spacial score (nSPS) is 11.2. The Balaban J connectivity index is 1.60. The lowest BCUT2D eigenvalue weighted by Gasteiger charge is -2.07. The van der Waals surface area contributed by atoms with Crippen molar-refractivity contribution in [2.75, 3.05) is 12.0 Å². The highest BCUT2D eigenvalue weighted by atomic mass is 32.1. The van der Waals surface area contributed by atoms with Crippen LogP contribution in [0.3, 0.4) is 0 Å². The topological polar surface area (TPSA) is 46.5 Å². The second kappa shape index (κ2) is 10.7. The van der Waals surface area contributed by atoms with Crippen molar-refractivity contribution in [2.45, 2.75) is 32.8 Å². The van der Waals surface area contributed by atoms with Crippen LogP contribution in [0.1, 0.15) is 37.3 Å². The quantitative estimate of drug-likeness (QED) is 0.255. The van der Waals surface area contributed by atoms with E-state index in [0.717, 1.165) is 41.6 Å². The van der Waals surface area contributed by atoms with E-state index in [1.165, 1.54) is 23.5 Å². The van der Waals surface area contributed by atoms with E-state index in [1.54, 1.807) is 12.3 Å². The Morgan fingerprint density at radius 3 is 2.86 bits per heavy atom. The van der Waals surface area contributed by atoms with Gasteiger partial charge < -0.3 is 4.74 Å². The number of hydrogen-bond donors (Lipinski definition) is 1.